The van der Waals surface area contributed by atoms with E-state index in [1.807, 2.05) is 30.3 Å². The minimum Gasteiger partial charge on any atom is -0.506 e. The number of nitro benzene ring substituents is 1. The SMILES string of the molecule is CS(=O)c1ccc(N=Nc2cc(Cc3ccccc3)ccc2O)c([N+](=O)[O-])c1. The smallest absolute Gasteiger partial charge is 0.297 e. The van der Waals surface area contributed by atoms with Crippen LogP contribution in [0.5, 0.6) is 5.75 Å². The largest absolute Gasteiger partial charge is 0.506 e. The summed E-state index contributed by atoms with van der Waals surface area (Å²) in [5.41, 5.74) is 1.97. The van der Waals surface area contributed by atoms with Crippen molar-refractivity contribution in [3.05, 3.63) is 88.0 Å². The monoisotopic (exact) mass is 395 g/mol. The van der Waals surface area contributed by atoms with Crippen LogP contribution in [0, 0.1) is 10.1 Å². The van der Waals surface area contributed by atoms with E-state index in [4.69, 9.17) is 0 Å². The number of rotatable bonds is 6. The Kier molecular flexibility index (Phi) is 5.90. The first-order chi connectivity index (χ1) is 13.4. The quantitative estimate of drug-likeness (QED) is 0.358. The Bertz CT molecular complexity index is 1070. The Balaban J connectivity index is 1.91. The van der Waals surface area contributed by atoms with Crippen LogP contribution in [0.2, 0.25) is 0 Å². The first-order valence-electron chi connectivity index (χ1n) is 8.33. The molecule has 0 aromatic heterocycles. The minimum atomic E-state index is -1.35. The van der Waals surface area contributed by atoms with E-state index >= 15 is 0 Å². The van der Waals surface area contributed by atoms with Gasteiger partial charge in [-0.05, 0) is 41.8 Å². The van der Waals surface area contributed by atoms with Gasteiger partial charge in [-0.3, -0.25) is 14.3 Å². The summed E-state index contributed by atoms with van der Waals surface area (Å²) in [6, 6.07) is 18.9. The van der Waals surface area contributed by atoms with Gasteiger partial charge in [-0.2, -0.15) is 0 Å². The number of nitro groups is 1. The first kappa shape index (κ1) is 19.4. The van der Waals surface area contributed by atoms with Crippen molar-refractivity contribution in [2.24, 2.45) is 10.2 Å². The molecular weight excluding hydrogens is 378 g/mol. The van der Waals surface area contributed by atoms with E-state index in [9.17, 15) is 19.4 Å². The molecule has 1 atom stereocenters. The number of phenolic OH excluding ortho intramolecular Hbond substituents is 1. The number of nitrogens with zero attached hydrogens (tertiary/aromatic N) is 3. The molecule has 0 saturated heterocycles. The highest BCUT2D eigenvalue weighted by Crippen LogP contribution is 2.34. The van der Waals surface area contributed by atoms with E-state index < -0.39 is 15.7 Å². The first-order valence-corrected chi connectivity index (χ1v) is 9.89. The molecule has 3 aromatic rings. The molecule has 0 aliphatic heterocycles. The molecule has 0 amide bonds. The molecule has 8 heteroatoms. The number of phenols is 1. The van der Waals surface area contributed by atoms with Gasteiger partial charge in [0.15, 0.2) is 5.69 Å². The standard InChI is InChI=1S/C20H17N3O4S/c1-28(27)16-8-9-17(19(13-16)23(25)26)21-22-18-12-15(7-10-20(18)24)11-14-5-3-2-4-6-14/h2-10,12-13,24H,11H2,1H3. The third kappa shape index (κ3) is 4.66. The summed E-state index contributed by atoms with van der Waals surface area (Å²) in [5, 5.41) is 29.3. The van der Waals surface area contributed by atoms with Crippen LogP contribution < -0.4 is 0 Å². The van der Waals surface area contributed by atoms with Crippen LogP contribution in [-0.2, 0) is 17.2 Å². The summed E-state index contributed by atoms with van der Waals surface area (Å²) < 4.78 is 11.5. The lowest BCUT2D eigenvalue weighted by molar-refractivity contribution is -0.384. The highest BCUT2D eigenvalue weighted by molar-refractivity contribution is 7.84. The summed E-state index contributed by atoms with van der Waals surface area (Å²) in [4.78, 5) is 11.0. The zero-order valence-corrected chi connectivity index (χ0v) is 15.8. The van der Waals surface area contributed by atoms with E-state index in [0.29, 0.717) is 11.3 Å². The molecule has 3 rings (SSSR count). The molecule has 0 aliphatic rings. The predicted molar refractivity (Wildman–Crippen MR) is 107 cm³/mol. The molecule has 142 valence electrons. The van der Waals surface area contributed by atoms with Crippen LogP contribution in [-0.4, -0.2) is 20.5 Å². The fraction of sp³-hybridized carbons (Fsp3) is 0.100. The third-order valence-electron chi connectivity index (χ3n) is 4.03. The lowest BCUT2D eigenvalue weighted by Crippen LogP contribution is -1.92. The highest BCUT2D eigenvalue weighted by Gasteiger charge is 2.16. The number of azo groups is 1. The van der Waals surface area contributed by atoms with E-state index in [1.165, 1.54) is 30.5 Å². The van der Waals surface area contributed by atoms with Gasteiger partial charge in [-0.1, -0.05) is 36.4 Å². The van der Waals surface area contributed by atoms with Crippen LogP contribution in [0.4, 0.5) is 17.1 Å². The zero-order chi connectivity index (χ0) is 20.1. The van der Waals surface area contributed by atoms with Crippen molar-refractivity contribution in [2.75, 3.05) is 6.26 Å². The molecular formula is C20H17N3O4S. The van der Waals surface area contributed by atoms with Crippen molar-refractivity contribution in [3.8, 4) is 5.75 Å². The van der Waals surface area contributed by atoms with Crippen LogP contribution in [0.3, 0.4) is 0 Å². The average molecular weight is 395 g/mol. The maximum atomic E-state index is 11.5. The van der Waals surface area contributed by atoms with Crippen molar-refractivity contribution in [3.63, 3.8) is 0 Å². The fourth-order valence-corrected chi connectivity index (χ4v) is 3.15. The zero-order valence-electron chi connectivity index (χ0n) is 15.0. The predicted octanol–water partition coefficient (Wildman–Crippen LogP) is 5.04. The summed E-state index contributed by atoms with van der Waals surface area (Å²) in [7, 11) is -1.35. The highest BCUT2D eigenvalue weighted by atomic mass is 32.2. The number of benzene rings is 3. The second-order valence-electron chi connectivity index (χ2n) is 6.05. The maximum absolute atomic E-state index is 11.5. The Hall–Kier alpha value is -3.39. The van der Waals surface area contributed by atoms with Crippen LogP contribution in [0.25, 0.3) is 0 Å². The van der Waals surface area contributed by atoms with Crippen molar-refractivity contribution in [1.82, 2.24) is 0 Å². The third-order valence-corrected chi connectivity index (χ3v) is 4.95. The molecule has 0 fully saturated rings. The molecule has 7 nitrogen and oxygen atoms in total. The summed E-state index contributed by atoms with van der Waals surface area (Å²) in [5.74, 6) is -0.0745. The second kappa shape index (κ2) is 8.53. The van der Waals surface area contributed by atoms with Gasteiger partial charge >= 0.3 is 0 Å². The molecule has 0 heterocycles. The van der Waals surface area contributed by atoms with Crippen molar-refractivity contribution in [1.29, 1.82) is 0 Å². The summed E-state index contributed by atoms with van der Waals surface area (Å²) in [6.45, 7) is 0. The molecule has 0 spiro atoms. The fourth-order valence-electron chi connectivity index (χ4n) is 2.61. The molecule has 1 N–H and O–H groups in total. The molecule has 0 aliphatic carbocycles. The maximum Gasteiger partial charge on any atom is 0.297 e. The average Bonchev–Trinajstić information content (AvgIpc) is 2.69. The van der Waals surface area contributed by atoms with Gasteiger partial charge in [0.05, 0.1) is 15.7 Å². The van der Waals surface area contributed by atoms with E-state index in [2.05, 4.69) is 10.2 Å². The summed E-state index contributed by atoms with van der Waals surface area (Å²) >= 11 is 0. The molecule has 0 bridgehead atoms. The Morgan fingerprint density at radius 3 is 2.36 bits per heavy atom. The number of hydrogen-bond donors (Lipinski definition) is 1. The van der Waals surface area contributed by atoms with E-state index in [-0.39, 0.29) is 22.8 Å². The van der Waals surface area contributed by atoms with E-state index in [0.717, 1.165) is 11.1 Å². The minimum absolute atomic E-state index is 0.0204. The molecule has 0 radical (unpaired) electrons. The van der Waals surface area contributed by atoms with Gasteiger partial charge in [0.2, 0.25) is 0 Å². The van der Waals surface area contributed by atoms with Gasteiger partial charge in [-0.15, -0.1) is 10.2 Å². The Morgan fingerprint density at radius 1 is 0.964 bits per heavy atom. The Labute approximate surface area is 164 Å². The van der Waals surface area contributed by atoms with Gasteiger partial charge in [0.1, 0.15) is 11.4 Å². The van der Waals surface area contributed by atoms with Crippen LogP contribution in [0.1, 0.15) is 11.1 Å². The van der Waals surface area contributed by atoms with E-state index in [1.54, 1.807) is 12.1 Å². The lowest BCUT2D eigenvalue weighted by Gasteiger charge is -2.05. The lowest BCUT2D eigenvalue weighted by atomic mass is 10.0. The van der Waals surface area contributed by atoms with Gasteiger partial charge in [-0.25, -0.2) is 0 Å². The topological polar surface area (TPSA) is 105 Å². The Morgan fingerprint density at radius 2 is 1.68 bits per heavy atom. The molecule has 3 aromatic carbocycles. The van der Waals surface area contributed by atoms with Crippen LogP contribution >= 0.6 is 0 Å². The molecule has 0 saturated carbocycles. The van der Waals surface area contributed by atoms with Crippen molar-refractivity contribution >= 4 is 27.9 Å². The van der Waals surface area contributed by atoms with Crippen molar-refractivity contribution in [2.45, 2.75) is 11.3 Å². The molecule has 1 unspecified atom stereocenters. The number of aromatic hydroxyl groups is 1. The van der Waals surface area contributed by atoms with Crippen LogP contribution in [0.15, 0.2) is 81.9 Å². The number of hydrogen-bond acceptors (Lipinski definition) is 6. The normalized spacial score (nSPS) is 12.2. The van der Waals surface area contributed by atoms with Gasteiger partial charge < -0.3 is 5.11 Å². The van der Waals surface area contributed by atoms with Gasteiger partial charge in [0, 0.05) is 17.2 Å². The second-order valence-corrected chi connectivity index (χ2v) is 7.43. The van der Waals surface area contributed by atoms with Crippen molar-refractivity contribution < 1.29 is 14.2 Å². The van der Waals surface area contributed by atoms with Gasteiger partial charge in [0.25, 0.3) is 5.69 Å². The molecule has 28 heavy (non-hydrogen) atoms. The summed E-state index contributed by atoms with van der Waals surface area (Å²) in [6.07, 6.45) is 2.09.